The van der Waals surface area contributed by atoms with Gasteiger partial charge in [0.1, 0.15) is 5.75 Å². The van der Waals surface area contributed by atoms with Crippen LogP contribution in [0.25, 0.3) is 5.69 Å². The van der Waals surface area contributed by atoms with Gasteiger partial charge in [0.15, 0.2) is 0 Å². The standard InChI is InChI=1S/C16H11Cl2N3O4/c1-24-11-5-3-10(4-6-11)21-14(16(23)25-20-21)15(22)19-13-7-2-9(17)8-12(13)18/h2-8H,1H3,(H-,19,20,22,23)/p+1. The van der Waals surface area contributed by atoms with Crippen molar-refractivity contribution in [3.05, 3.63) is 68.6 Å². The molecule has 9 heteroatoms. The van der Waals surface area contributed by atoms with Gasteiger partial charge in [-0.3, -0.25) is 9.32 Å². The van der Waals surface area contributed by atoms with Crippen LogP contribution in [0.4, 0.5) is 5.69 Å². The molecule has 2 aromatic carbocycles. The number of ether oxygens (including phenoxy) is 1. The van der Waals surface area contributed by atoms with E-state index in [1.807, 2.05) is 0 Å². The molecule has 128 valence electrons. The predicted octanol–water partition coefficient (Wildman–Crippen LogP) is 2.81. The molecule has 3 rings (SSSR count). The van der Waals surface area contributed by atoms with Gasteiger partial charge in [0.2, 0.25) is 5.69 Å². The third kappa shape index (κ3) is 3.52. The fourth-order valence-corrected chi connectivity index (χ4v) is 2.61. The van der Waals surface area contributed by atoms with Crippen LogP contribution in [0.1, 0.15) is 10.5 Å². The largest absolute Gasteiger partial charge is 0.497 e. The van der Waals surface area contributed by atoms with E-state index in [4.69, 9.17) is 32.5 Å². The van der Waals surface area contributed by atoms with Gasteiger partial charge >= 0.3 is 17.2 Å². The summed E-state index contributed by atoms with van der Waals surface area (Å²) in [6.45, 7) is 0. The van der Waals surface area contributed by atoms with E-state index in [1.54, 1.807) is 30.3 Å². The average molecular weight is 381 g/mol. The number of hydrogen-bond acceptors (Lipinski definition) is 4. The van der Waals surface area contributed by atoms with Crippen LogP contribution in [-0.4, -0.2) is 18.3 Å². The number of carbonyl (C=O) groups excluding carboxylic acids is 1. The number of nitrogens with one attached hydrogen (secondary N) is 2. The number of nitrogens with zero attached hydrogens (tertiary/aromatic N) is 1. The van der Waals surface area contributed by atoms with E-state index in [0.717, 1.165) is 0 Å². The van der Waals surface area contributed by atoms with Crippen molar-refractivity contribution in [2.75, 3.05) is 12.4 Å². The molecule has 3 aromatic rings. The van der Waals surface area contributed by atoms with E-state index in [9.17, 15) is 9.59 Å². The van der Waals surface area contributed by atoms with Gasteiger partial charge in [0.05, 0.1) is 17.8 Å². The maximum Gasteiger partial charge on any atom is 0.441 e. The second-order valence-corrected chi connectivity index (χ2v) is 5.78. The molecule has 1 heterocycles. The molecular weight excluding hydrogens is 369 g/mol. The zero-order chi connectivity index (χ0) is 18.0. The highest BCUT2D eigenvalue weighted by Crippen LogP contribution is 2.25. The zero-order valence-corrected chi connectivity index (χ0v) is 14.4. The van der Waals surface area contributed by atoms with Gasteiger partial charge in [0.25, 0.3) is 0 Å². The van der Waals surface area contributed by atoms with Crippen LogP contribution in [0.5, 0.6) is 5.75 Å². The third-order valence-electron chi connectivity index (χ3n) is 3.37. The molecule has 0 aliphatic rings. The lowest BCUT2D eigenvalue weighted by molar-refractivity contribution is -0.672. The van der Waals surface area contributed by atoms with Gasteiger partial charge in [0, 0.05) is 17.2 Å². The number of aromatic nitrogens is 2. The number of rotatable bonds is 4. The van der Waals surface area contributed by atoms with Crippen molar-refractivity contribution in [3.8, 4) is 11.4 Å². The second kappa shape index (κ2) is 7.00. The number of anilines is 1. The molecule has 0 aliphatic carbocycles. The minimum absolute atomic E-state index is 0.240. The van der Waals surface area contributed by atoms with Crippen molar-refractivity contribution in [2.24, 2.45) is 0 Å². The van der Waals surface area contributed by atoms with Crippen molar-refractivity contribution in [1.29, 1.82) is 0 Å². The Balaban J connectivity index is 1.95. The topological polar surface area (TPSA) is 88.2 Å². The summed E-state index contributed by atoms with van der Waals surface area (Å²) < 4.78 is 11.1. The number of aromatic amines is 1. The Kier molecular flexibility index (Phi) is 4.78. The summed E-state index contributed by atoms with van der Waals surface area (Å²) in [5.74, 6) is -0.0517. The molecule has 0 fully saturated rings. The summed E-state index contributed by atoms with van der Waals surface area (Å²) in [5, 5.41) is 5.63. The van der Waals surface area contributed by atoms with Crippen LogP contribution >= 0.6 is 23.2 Å². The third-order valence-corrected chi connectivity index (χ3v) is 3.92. The van der Waals surface area contributed by atoms with Crippen LogP contribution in [0, 0.1) is 0 Å². The summed E-state index contributed by atoms with van der Waals surface area (Å²) in [6, 6.07) is 11.3. The number of amides is 1. The van der Waals surface area contributed by atoms with Gasteiger partial charge in [-0.2, -0.15) is 0 Å². The van der Waals surface area contributed by atoms with Gasteiger partial charge < -0.3 is 10.1 Å². The monoisotopic (exact) mass is 380 g/mol. The average Bonchev–Trinajstić information content (AvgIpc) is 2.99. The van der Waals surface area contributed by atoms with Crippen LogP contribution in [0.2, 0.25) is 10.0 Å². The molecule has 2 N–H and O–H groups in total. The molecule has 0 saturated heterocycles. The molecule has 0 aliphatic heterocycles. The molecule has 0 atom stereocenters. The number of benzene rings is 2. The number of H-pyrrole nitrogens is 1. The fraction of sp³-hybridized carbons (Fsp3) is 0.0625. The summed E-state index contributed by atoms with van der Waals surface area (Å²) in [7, 11) is 1.54. The second-order valence-electron chi connectivity index (χ2n) is 4.94. The SMILES string of the molecule is COc1ccc(-[n+]2[nH]oc(=O)c2C(=O)Nc2ccc(Cl)cc2Cl)cc1. The molecular formula is C16H12Cl2N3O4+. The summed E-state index contributed by atoms with van der Waals surface area (Å²) in [4.78, 5) is 24.5. The van der Waals surface area contributed by atoms with Gasteiger partial charge in [-0.15, -0.1) is 0 Å². The van der Waals surface area contributed by atoms with Crippen LogP contribution in [0.15, 0.2) is 51.8 Å². The molecule has 0 unspecified atom stereocenters. The van der Waals surface area contributed by atoms with Crippen LogP contribution < -0.4 is 20.4 Å². The van der Waals surface area contributed by atoms with E-state index >= 15 is 0 Å². The van der Waals surface area contributed by atoms with Crippen molar-refractivity contribution in [1.82, 2.24) is 5.27 Å². The first kappa shape index (κ1) is 17.1. The first-order chi connectivity index (χ1) is 12.0. The number of methoxy groups -OCH3 is 1. The Morgan fingerprint density at radius 3 is 2.56 bits per heavy atom. The maximum absolute atomic E-state index is 12.5. The van der Waals surface area contributed by atoms with E-state index in [0.29, 0.717) is 22.1 Å². The minimum atomic E-state index is -0.821. The molecule has 0 bridgehead atoms. The van der Waals surface area contributed by atoms with Crippen molar-refractivity contribution < 1.29 is 18.7 Å². The first-order valence-electron chi connectivity index (χ1n) is 7.04. The molecule has 1 amide bonds. The van der Waals surface area contributed by atoms with E-state index < -0.39 is 11.5 Å². The lowest BCUT2D eigenvalue weighted by atomic mass is 10.2. The molecule has 0 saturated carbocycles. The van der Waals surface area contributed by atoms with Crippen molar-refractivity contribution in [3.63, 3.8) is 0 Å². The lowest BCUT2D eigenvalue weighted by Gasteiger charge is -2.04. The first-order valence-corrected chi connectivity index (χ1v) is 7.79. The number of halogens is 2. The molecule has 7 nitrogen and oxygen atoms in total. The zero-order valence-electron chi connectivity index (χ0n) is 12.9. The Morgan fingerprint density at radius 2 is 1.92 bits per heavy atom. The normalized spacial score (nSPS) is 10.5. The maximum atomic E-state index is 12.5. The van der Waals surface area contributed by atoms with E-state index in [-0.39, 0.29) is 10.7 Å². The highest BCUT2D eigenvalue weighted by atomic mass is 35.5. The Morgan fingerprint density at radius 1 is 1.20 bits per heavy atom. The number of hydrogen-bond donors (Lipinski definition) is 2. The highest BCUT2D eigenvalue weighted by Gasteiger charge is 2.31. The van der Waals surface area contributed by atoms with Gasteiger partial charge in [-0.25, -0.2) is 4.79 Å². The van der Waals surface area contributed by atoms with Gasteiger partial charge in [-0.1, -0.05) is 23.2 Å². The number of carbonyl (C=O) groups is 1. The Hall–Kier alpha value is -2.77. The van der Waals surface area contributed by atoms with E-state index in [1.165, 1.54) is 23.9 Å². The van der Waals surface area contributed by atoms with Gasteiger partial charge in [-0.05, 0) is 40.3 Å². The molecule has 0 spiro atoms. The van der Waals surface area contributed by atoms with E-state index in [2.05, 4.69) is 10.6 Å². The van der Waals surface area contributed by atoms with Crippen LogP contribution in [0.3, 0.4) is 0 Å². The molecule has 25 heavy (non-hydrogen) atoms. The lowest BCUT2D eigenvalue weighted by Crippen LogP contribution is -2.42. The molecule has 0 radical (unpaired) electrons. The predicted molar refractivity (Wildman–Crippen MR) is 91.8 cm³/mol. The van der Waals surface area contributed by atoms with Crippen molar-refractivity contribution >= 4 is 34.8 Å². The quantitative estimate of drug-likeness (QED) is 0.681. The van der Waals surface area contributed by atoms with Crippen LogP contribution in [-0.2, 0) is 0 Å². The summed E-state index contributed by atoms with van der Waals surface area (Å²) in [5.41, 5.74) is -0.230. The summed E-state index contributed by atoms with van der Waals surface area (Å²) >= 11 is 11.9. The minimum Gasteiger partial charge on any atom is -0.497 e. The molecule has 1 aromatic heterocycles. The highest BCUT2D eigenvalue weighted by molar-refractivity contribution is 6.36. The fourth-order valence-electron chi connectivity index (χ4n) is 2.15. The summed E-state index contributed by atoms with van der Waals surface area (Å²) in [6.07, 6.45) is 0. The van der Waals surface area contributed by atoms with Crippen molar-refractivity contribution in [2.45, 2.75) is 0 Å². The Bertz CT molecular complexity index is 980. The Labute approximate surface area is 151 Å². The smallest absolute Gasteiger partial charge is 0.441 e.